The summed E-state index contributed by atoms with van der Waals surface area (Å²) in [5, 5.41) is 18.5. The Labute approximate surface area is 202 Å². The van der Waals surface area contributed by atoms with Crippen LogP contribution in [0.15, 0.2) is 54.7 Å². The fourth-order valence-electron chi connectivity index (χ4n) is 4.32. The number of rotatable bonds is 8. The van der Waals surface area contributed by atoms with Crippen molar-refractivity contribution in [3.8, 4) is 11.1 Å². The first-order valence-corrected chi connectivity index (χ1v) is 11.1. The van der Waals surface area contributed by atoms with Gasteiger partial charge in [0.15, 0.2) is 0 Å². The number of likely N-dealkylation sites (N-methyl/N-ethyl adjacent to an activating group) is 1. The second-order valence-corrected chi connectivity index (χ2v) is 8.61. The summed E-state index contributed by atoms with van der Waals surface area (Å²) in [4.78, 5) is 38.6. The van der Waals surface area contributed by atoms with Gasteiger partial charge >= 0.3 is 12.1 Å². The quantitative estimate of drug-likeness (QED) is 0.455. The van der Waals surface area contributed by atoms with Crippen molar-refractivity contribution in [1.82, 2.24) is 20.0 Å². The first-order chi connectivity index (χ1) is 16.8. The number of carbonyl (C=O) groups is 3. The van der Waals surface area contributed by atoms with E-state index in [0.29, 0.717) is 0 Å². The largest absolute Gasteiger partial charge is 0.480 e. The maximum absolute atomic E-state index is 12.8. The molecule has 10 nitrogen and oxygen atoms in total. The van der Waals surface area contributed by atoms with Crippen LogP contribution in [0, 0.1) is 0 Å². The standard InChI is InChI=1S/C25H27N5O5/c1-29(2)13-21(24(32)33)27-23(31)22-20(12-26-30(22)3)28-25(34)35-14-19-17-10-6-4-8-15(17)16-9-5-7-11-18(16)19/h4-12,19,21H,13-14H2,1-3H3,(H,27,31)(H,28,34)(H,32,33). The summed E-state index contributed by atoms with van der Waals surface area (Å²) in [5.74, 6) is -1.94. The van der Waals surface area contributed by atoms with Crippen LogP contribution in [0.25, 0.3) is 11.1 Å². The van der Waals surface area contributed by atoms with E-state index in [4.69, 9.17) is 4.74 Å². The zero-order chi connectivity index (χ0) is 25.1. The number of aromatic nitrogens is 2. The van der Waals surface area contributed by atoms with E-state index in [-0.39, 0.29) is 30.5 Å². The Balaban J connectivity index is 1.45. The van der Waals surface area contributed by atoms with Gasteiger partial charge in [0.25, 0.3) is 5.91 Å². The second kappa shape index (κ2) is 9.98. The molecule has 0 bridgehead atoms. The summed E-state index contributed by atoms with van der Waals surface area (Å²) in [6.07, 6.45) is 0.579. The third-order valence-corrected chi connectivity index (χ3v) is 5.89. The van der Waals surface area contributed by atoms with E-state index in [1.165, 1.54) is 17.9 Å². The lowest BCUT2D eigenvalue weighted by Gasteiger charge is -2.19. The highest BCUT2D eigenvalue weighted by Gasteiger charge is 2.30. The number of amides is 2. The fraction of sp³-hybridized carbons (Fsp3) is 0.280. The summed E-state index contributed by atoms with van der Waals surface area (Å²) in [6.45, 7) is 0.222. The number of benzene rings is 2. The predicted molar refractivity (Wildman–Crippen MR) is 129 cm³/mol. The van der Waals surface area contributed by atoms with E-state index in [2.05, 4.69) is 27.9 Å². The van der Waals surface area contributed by atoms with Gasteiger partial charge in [0, 0.05) is 19.5 Å². The van der Waals surface area contributed by atoms with Crippen molar-refractivity contribution < 1.29 is 24.2 Å². The molecule has 182 valence electrons. The van der Waals surface area contributed by atoms with Gasteiger partial charge in [0.1, 0.15) is 18.3 Å². The van der Waals surface area contributed by atoms with E-state index in [1.54, 1.807) is 19.0 Å². The minimum Gasteiger partial charge on any atom is -0.480 e. The van der Waals surface area contributed by atoms with Crippen LogP contribution in [0.3, 0.4) is 0 Å². The Morgan fingerprint density at radius 2 is 1.69 bits per heavy atom. The van der Waals surface area contributed by atoms with E-state index in [0.717, 1.165) is 22.3 Å². The van der Waals surface area contributed by atoms with Crippen LogP contribution < -0.4 is 10.6 Å². The maximum atomic E-state index is 12.8. The summed E-state index contributed by atoms with van der Waals surface area (Å²) in [7, 11) is 4.94. The lowest BCUT2D eigenvalue weighted by atomic mass is 9.98. The average Bonchev–Trinajstić information content (AvgIpc) is 3.34. The second-order valence-electron chi connectivity index (χ2n) is 8.61. The number of anilines is 1. The molecule has 0 radical (unpaired) electrons. The molecule has 3 aromatic rings. The first kappa shape index (κ1) is 24.0. The van der Waals surface area contributed by atoms with Gasteiger partial charge in [-0.1, -0.05) is 48.5 Å². The van der Waals surface area contributed by atoms with Crippen LogP contribution >= 0.6 is 0 Å². The molecule has 1 aliphatic rings. The summed E-state index contributed by atoms with van der Waals surface area (Å²) in [5.41, 5.74) is 4.55. The molecule has 0 fully saturated rings. The SMILES string of the molecule is CN(C)CC(NC(=O)c1c(NC(=O)OCC2c3ccccc3-c3ccccc32)cnn1C)C(=O)O. The minimum absolute atomic E-state index is 0.0171. The summed E-state index contributed by atoms with van der Waals surface area (Å²) < 4.78 is 6.81. The smallest absolute Gasteiger partial charge is 0.411 e. The molecule has 10 heteroatoms. The molecule has 0 saturated carbocycles. The molecule has 2 amide bonds. The molecule has 0 spiro atoms. The molecular weight excluding hydrogens is 450 g/mol. The number of hydrogen-bond acceptors (Lipinski definition) is 6. The molecule has 4 rings (SSSR count). The number of hydrogen-bond donors (Lipinski definition) is 3. The Morgan fingerprint density at radius 1 is 1.09 bits per heavy atom. The molecule has 1 heterocycles. The highest BCUT2D eigenvalue weighted by Crippen LogP contribution is 2.44. The highest BCUT2D eigenvalue weighted by molar-refractivity contribution is 6.02. The molecule has 1 aliphatic carbocycles. The summed E-state index contributed by atoms with van der Waals surface area (Å²) in [6, 6.07) is 14.9. The monoisotopic (exact) mass is 477 g/mol. The molecule has 3 N–H and O–H groups in total. The van der Waals surface area contributed by atoms with Gasteiger partial charge < -0.3 is 20.1 Å². The molecule has 1 atom stereocenters. The van der Waals surface area contributed by atoms with Gasteiger partial charge in [-0.3, -0.25) is 14.8 Å². The first-order valence-electron chi connectivity index (χ1n) is 11.1. The number of carbonyl (C=O) groups excluding carboxylic acids is 2. The van der Waals surface area contributed by atoms with Gasteiger partial charge in [-0.25, -0.2) is 9.59 Å². The van der Waals surface area contributed by atoms with Gasteiger partial charge in [-0.05, 0) is 36.3 Å². The average molecular weight is 478 g/mol. The molecule has 1 unspecified atom stereocenters. The Hall–Kier alpha value is -4.18. The van der Waals surface area contributed by atoms with Crippen molar-refractivity contribution in [2.45, 2.75) is 12.0 Å². The van der Waals surface area contributed by atoms with Crippen LogP contribution in [0.2, 0.25) is 0 Å². The molecule has 0 aliphatic heterocycles. The Kier molecular flexibility index (Phi) is 6.83. The number of ether oxygens (including phenoxy) is 1. The zero-order valence-electron chi connectivity index (χ0n) is 19.7. The van der Waals surface area contributed by atoms with Crippen molar-refractivity contribution in [3.05, 3.63) is 71.5 Å². The third-order valence-electron chi connectivity index (χ3n) is 5.89. The van der Waals surface area contributed by atoms with Crippen molar-refractivity contribution in [2.24, 2.45) is 7.05 Å². The summed E-state index contributed by atoms with van der Waals surface area (Å²) >= 11 is 0. The topological polar surface area (TPSA) is 126 Å². The number of carboxylic acid groups (broad SMARTS) is 1. The predicted octanol–water partition coefficient (Wildman–Crippen LogP) is 2.53. The van der Waals surface area contributed by atoms with Crippen molar-refractivity contribution >= 4 is 23.7 Å². The Morgan fingerprint density at radius 3 is 2.26 bits per heavy atom. The number of fused-ring (bicyclic) bond motifs is 3. The lowest BCUT2D eigenvalue weighted by molar-refractivity contribution is -0.139. The third kappa shape index (κ3) is 5.02. The number of nitrogens with one attached hydrogen (secondary N) is 2. The van der Waals surface area contributed by atoms with Crippen LogP contribution in [-0.2, 0) is 16.6 Å². The maximum Gasteiger partial charge on any atom is 0.411 e. The number of nitrogens with zero attached hydrogens (tertiary/aromatic N) is 3. The normalized spacial score (nSPS) is 13.1. The number of aliphatic carboxylic acids is 1. The molecule has 2 aromatic carbocycles. The van der Waals surface area contributed by atoms with Crippen LogP contribution in [-0.4, -0.2) is 71.0 Å². The van der Waals surface area contributed by atoms with Gasteiger partial charge in [-0.2, -0.15) is 5.10 Å². The Bertz CT molecular complexity index is 1220. The van der Waals surface area contributed by atoms with E-state index >= 15 is 0 Å². The van der Waals surface area contributed by atoms with Crippen LogP contribution in [0.5, 0.6) is 0 Å². The molecule has 0 saturated heterocycles. The van der Waals surface area contributed by atoms with Crippen molar-refractivity contribution in [3.63, 3.8) is 0 Å². The van der Waals surface area contributed by atoms with E-state index in [1.807, 2.05) is 36.4 Å². The number of carboxylic acids is 1. The molecular formula is C25H27N5O5. The molecule has 35 heavy (non-hydrogen) atoms. The van der Waals surface area contributed by atoms with Gasteiger partial charge in [0.05, 0.1) is 11.9 Å². The lowest BCUT2D eigenvalue weighted by Crippen LogP contribution is -2.47. The van der Waals surface area contributed by atoms with Crippen LogP contribution in [0.4, 0.5) is 10.5 Å². The molecule has 1 aromatic heterocycles. The van der Waals surface area contributed by atoms with Gasteiger partial charge in [-0.15, -0.1) is 0 Å². The van der Waals surface area contributed by atoms with Gasteiger partial charge in [0.2, 0.25) is 0 Å². The van der Waals surface area contributed by atoms with Crippen LogP contribution in [0.1, 0.15) is 27.5 Å². The fourth-order valence-corrected chi connectivity index (χ4v) is 4.32. The van der Waals surface area contributed by atoms with E-state index < -0.39 is 24.0 Å². The van der Waals surface area contributed by atoms with E-state index in [9.17, 15) is 19.5 Å². The highest BCUT2D eigenvalue weighted by atomic mass is 16.5. The van der Waals surface area contributed by atoms with Crippen molar-refractivity contribution in [2.75, 3.05) is 32.6 Å². The minimum atomic E-state index is -1.17. The zero-order valence-corrected chi connectivity index (χ0v) is 19.7. The number of aryl methyl sites for hydroxylation is 1. The van der Waals surface area contributed by atoms with Crippen molar-refractivity contribution in [1.29, 1.82) is 0 Å².